The number of hydrogen-bond acceptors (Lipinski definition) is 2. The summed E-state index contributed by atoms with van der Waals surface area (Å²) in [7, 11) is 0. The normalized spacial score (nSPS) is 11.4. The second kappa shape index (κ2) is 9.39. The quantitative estimate of drug-likeness (QED) is 0.421. The Bertz CT molecular complexity index is 1150. The van der Waals surface area contributed by atoms with E-state index >= 15 is 0 Å². The largest absolute Gasteiger partial charge is 0.478 e. The molecule has 0 unspecified atom stereocenters. The van der Waals surface area contributed by atoms with Gasteiger partial charge >= 0.3 is 11.9 Å². The van der Waals surface area contributed by atoms with Crippen LogP contribution in [0.25, 0.3) is 22.3 Å². The summed E-state index contributed by atoms with van der Waals surface area (Å²) in [5.41, 5.74) is 5.17. The number of aromatic carboxylic acids is 2. The molecule has 4 nitrogen and oxygen atoms in total. The van der Waals surface area contributed by atoms with E-state index in [0.717, 1.165) is 41.5 Å². The van der Waals surface area contributed by atoms with Crippen molar-refractivity contribution in [1.29, 1.82) is 0 Å². The highest BCUT2D eigenvalue weighted by Crippen LogP contribution is 2.42. The molecule has 0 aromatic heterocycles. The molecule has 0 aliphatic heterocycles. The number of carboxylic acids is 2. The van der Waals surface area contributed by atoms with E-state index in [1.54, 1.807) is 24.3 Å². The lowest BCUT2D eigenvalue weighted by Crippen LogP contribution is -2.13. The molecule has 2 N–H and O–H groups in total. The van der Waals surface area contributed by atoms with Crippen molar-refractivity contribution in [1.82, 2.24) is 0 Å². The van der Waals surface area contributed by atoms with Crippen molar-refractivity contribution in [3.05, 3.63) is 82.9 Å². The predicted octanol–water partition coefficient (Wildman–Crippen LogP) is 7.06. The van der Waals surface area contributed by atoms with Gasteiger partial charge in [-0.05, 0) is 69.8 Å². The fourth-order valence-electron chi connectivity index (χ4n) is 4.02. The van der Waals surface area contributed by atoms with Crippen LogP contribution in [0.15, 0.2) is 60.7 Å². The van der Waals surface area contributed by atoms with Crippen LogP contribution in [0.1, 0.15) is 72.4 Å². The summed E-state index contributed by atoms with van der Waals surface area (Å²) in [6.07, 6.45) is 2.74. The van der Waals surface area contributed by atoms with Gasteiger partial charge in [0.25, 0.3) is 0 Å². The Morgan fingerprint density at radius 3 is 1.84 bits per heavy atom. The maximum atomic E-state index is 12.1. The van der Waals surface area contributed by atoms with Gasteiger partial charge in [0.15, 0.2) is 0 Å². The molecule has 0 fully saturated rings. The monoisotopic (exact) mass is 430 g/mol. The van der Waals surface area contributed by atoms with Crippen molar-refractivity contribution in [2.75, 3.05) is 0 Å². The van der Waals surface area contributed by atoms with Crippen LogP contribution in [0.2, 0.25) is 0 Å². The molecule has 3 aromatic rings. The van der Waals surface area contributed by atoms with E-state index in [-0.39, 0.29) is 16.5 Å². The van der Waals surface area contributed by atoms with Crippen LogP contribution in [0, 0.1) is 0 Å². The van der Waals surface area contributed by atoms with E-state index < -0.39 is 11.9 Å². The second-order valence-electron chi connectivity index (χ2n) is 9.11. The van der Waals surface area contributed by atoms with Crippen LogP contribution in [0.5, 0.6) is 0 Å². The van der Waals surface area contributed by atoms with Gasteiger partial charge in [0.2, 0.25) is 0 Å². The zero-order valence-corrected chi connectivity index (χ0v) is 19.1. The molecule has 0 atom stereocenters. The number of aryl methyl sites for hydroxylation is 1. The minimum atomic E-state index is -1.01. The van der Waals surface area contributed by atoms with Crippen molar-refractivity contribution < 1.29 is 19.8 Å². The number of unbranched alkanes of at least 4 members (excludes halogenated alkanes) is 1. The Morgan fingerprint density at radius 2 is 1.31 bits per heavy atom. The first-order valence-corrected chi connectivity index (χ1v) is 11.0. The van der Waals surface area contributed by atoms with Crippen molar-refractivity contribution in [3.8, 4) is 22.3 Å². The molecule has 4 heteroatoms. The van der Waals surface area contributed by atoms with Crippen LogP contribution in [0.3, 0.4) is 0 Å². The van der Waals surface area contributed by atoms with Crippen molar-refractivity contribution >= 4 is 11.9 Å². The highest BCUT2D eigenvalue weighted by Gasteiger charge is 2.24. The van der Waals surface area contributed by atoms with Crippen LogP contribution in [-0.2, 0) is 11.8 Å². The summed E-state index contributed by atoms with van der Waals surface area (Å²) in [6, 6.07) is 18.1. The molecule has 0 amide bonds. The molecule has 0 saturated heterocycles. The summed E-state index contributed by atoms with van der Waals surface area (Å²) < 4.78 is 0. The molecule has 0 spiro atoms. The molecule has 3 rings (SSSR count). The average Bonchev–Trinajstić information content (AvgIpc) is 2.76. The first-order chi connectivity index (χ1) is 15.1. The smallest absolute Gasteiger partial charge is 0.336 e. The molecular weight excluding hydrogens is 400 g/mol. The van der Waals surface area contributed by atoms with E-state index in [9.17, 15) is 19.8 Å². The predicted molar refractivity (Wildman–Crippen MR) is 129 cm³/mol. The Kier molecular flexibility index (Phi) is 6.83. The van der Waals surface area contributed by atoms with Crippen LogP contribution in [0.4, 0.5) is 0 Å². The third-order valence-electron chi connectivity index (χ3n) is 5.76. The van der Waals surface area contributed by atoms with Crippen LogP contribution >= 0.6 is 0 Å². The standard InChI is InChI=1S/C28H30O4/c1-5-6-11-18-16-19(28(2,3)4)17-24(20-12-7-9-14-22(20)26(29)30)25(18)21-13-8-10-15-23(21)27(31)32/h7-10,12-17H,5-6,11H2,1-4H3,(H,29,30)(H,31,32). The number of carbonyl (C=O) groups is 2. The summed E-state index contributed by atoms with van der Waals surface area (Å²) in [5, 5.41) is 19.8. The molecular formula is C28H30O4. The summed E-state index contributed by atoms with van der Waals surface area (Å²) in [5.74, 6) is -2.01. The summed E-state index contributed by atoms with van der Waals surface area (Å²) in [6.45, 7) is 8.51. The van der Waals surface area contributed by atoms with E-state index in [0.29, 0.717) is 11.1 Å². The number of rotatable bonds is 7. The zero-order chi connectivity index (χ0) is 23.5. The molecule has 0 heterocycles. The fraction of sp³-hybridized carbons (Fsp3) is 0.286. The van der Waals surface area contributed by atoms with Crippen molar-refractivity contribution in [3.63, 3.8) is 0 Å². The maximum absolute atomic E-state index is 12.1. The van der Waals surface area contributed by atoms with Crippen molar-refractivity contribution in [2.45, 2.75) is 52.4 Å². The van der Waals surface area contributed by atoms with Gasteiger partial charge in [-0.2, -0.15) is 0 Å². The van der Waals surface area contributed by atoms with Crippen LogP contribution in [-0.4, -0.2) is 22.2 Å². The van der Waals surface area contributed by atoms with E-state index in [4.69, 9.17) is 0 Å². The van der Waals surface area contributed by atoms with E-state index in [1.165, 1.54) is 0 Å². The second-order valence-corrected chi connectivity index (χ2v) is 9.11. The Hall–Kier alpha value is -3.40. The lowest BCUT2D eigenvalue weighted by Gasteiger charge is -2.26. The summed E-state index contributed by atoms with van der Waals surface area (Å²) in [4.78, 5) is 24.1. The van der Waals surface area contributed by atoms with Gasteiger partial charge in [0, 0.05) is 0 Å². The molecule has 0 aliphatic carbocycles. The van der Waals surface area contributed by atoms with Gasteiger partial charge < -0.3 is 10.2 Å². The van der Waals surface area contributed by atoms with Gasteiger partial charge in [-0.1, -0.05) is 76.6 Å². The Morgan fingerprint density at radius 1 is 0.781 bits per heavy atom. The maximum Gasteiger partial charge on any atom is 0.336 e. The zero-order valence-electron chi connectivity index (χ0n) is 19.1. The first kappa shape index (κ1) is 23.3. The number of benzene rings is 3. The van der Waals surface area contributed by atoms with Gasteiger partial charge in [0.05, 0.1) is 11.1 Å². The minimum Gasteiger partial charge on any atom is -0.478 e. The molecule has 0 radical (unpaired) electrons. The first-order valence-electron chi connectivity index (χ1n) is 11.0. The minimum absolute atomic E-state index is 0.154. The van der Waals surface area contributed by atoms with Gasteiger partial charge in [-0.25, -0.2) is 9.59 Å². The van der Waals surface area contributed by atoms with E-state index in [1.807, 2.05) is 30.3 Å². The molecule has 0 saturated carbocycles. The number of hydrogen-bond donors (Lipinski definition) is 2. The summed E-state index contributed by atoms with van der Waals surface area (Å²) >= 11 is 0. The van der Waals surface area contributed by atoms with Crippen molar-refractivity contribution in [2.24, 2.45) is 0 Å². The van der Waals surface area contributed by atoms with Gasteiger partial charge in [0.1, 0.15) is 0 Å². The lowest BCUT2D eigenvalue weighted by atomic mass is 9.78. The molecule has 0 bridgehead atoms. The highest BCUT2D eigenvalue weighted by atomic mass is 16.4. The molecule has 0 aliphatic rings. The van der Waals surface area contributed by atoms with Gasteiger partial charge in [-0.15, -0.1) is 0 Å². The SMILES string of the molecule is CCCCc1cc(C(C)(C)C)cc(-c2ccccc2C(=O)O)c1-c1ccccc1C(=O)O. The van der Waals surface area contributed by atoms with Gasteiger partial charge in [-0.3, -0.25) is 0 Å². The highest BCUT2D eigenvalue weighted by molar-refractivity contribution is 6.03. The molecule has 32 heavy (non-hydrogen) atoms. The van der Waals surface area contributed by atoms with Crippen LogP contribution < -0.4 is 0 Å². The Balaban J connectivity index is 2.49. The number of carboxylic acid groups (broad SMARTS) is 2. The average molecular weight is 431 g/mol. The van der Waals surface area contributed by atoms with E-state index in [2.05, 4.69) is 33.8 Å². The lowest BCUT2D eigenvalue weighted by molar-refractivity contribution is 0.0686. The fourth-order valence-corrected chi connectivity index (χ4v) is 4.02. The third-order valence-corrected chi connectivity index (χ3v) is 5.76. The topological polar surface area (TPSA) is 74.6 Å². The molecule has 166 valence electrons. The third kappa shape index (κ3) is 4.75. The molecule has 3 aromatic carbocycles. The Labute approximate surface area is 189 Å².